The Morgan fingerprint density at radius 1 is 1.11 bits per heavy atom. The summed E-state index contributed by atoms with van der Waals surface area (Å²) in [6.07, 6.45) is 9.25. The van der Waals surface area contributed by atoms with Gasteiger partial charge in [-0.25, -0.2) is 4.98 Å². The summed E-state index contributed by atoms with van der Waals surface area (Å²) in [6.45, 7) is 2.21. The van der Waals surface area contributed by atoms with Crippen LogP contribution in [0.3, 0.4) is 0 Å². The van der Waals surface area contributed by atoms with Crippen molar-refractivity contribution in [1.82, 2.24) is 4.98 Å². The Morgan fingerprint density at radius 2 is 1.89 bits per heavy atom. The van der Waals surface area contributed by atoms with Crippen molar-refractivity contribution in [3.8, 4) is 17.3 Å². The second-order valence-electron chi connectivity index (χ2n) is 6.30. The van der Waals surface area contributed by atoms with E-state index in [0.29, 0.717) is 5.57 Å². The van der Waals surface area contributed by atoms with Gasteiger partial charge in [0.2, 0.25) is 0 Å². The molecule has 0 bridgehead atoms. The first-order valence-electron chi connectivity index (χ1n) is 9.19. The molecule has 3 heteroatoms. The highest BCUT2D eigenvalue weighted by Gasteiger charge is 2.08. The first-order chi connectivity index (χ1) is 13.3. The number of benzene rings is 2. The summed E-state index contributed by atoms with van der Waals surface area (Å²) in [7, 11) is 0. The SMILES string of the molecule is CCCCc1ccc(-c2csc(/C(C#N)=C/C=C/c3ccccc3)n2)cc1. The predicted molar refractivity (Wildman–Crippen MR) is 115 cm³/mol. The molecule has 0 unspecified atom stereocenters. The highest BCUT2D eigenvalue weighted by molar-refractivity contribution is 7.11. The zero-order valence-electron chi connectivity index (χ0n) is 15.4. The first-order valence-corrected chi connectivity index (χ1v) is 10.1. The lowest BCUT2D eigenvalue weighted by Crippen LogP contribution is -1.86. The van der Waals surface area contributed by atoms with Crippen LogP contribution in [-0.2, 0) is 6.42 Å². The molecular formula is C24H22N2S. The minimum absolute atomic E-state index is 0.581. The topological polar surface area (TPSA) is 36.7 Å². The zero-order chi connectivity index (χ0) is 18.9. The van der Waals surface area contributed by atoms with Crippen LogP contribution in [0.15, 0.2) is 72.1 Å². The highest BCUT2D eigenvalue weighted by Crippen LogP contribution is 2.26. The summed E-state index contributed by atoms with van der Waals surface area (Å²) in [5.74, 6) is 0. The van der Waals surface area contributed by atoms with Crippen molar-refractivity contribution in [2.75, 3.05) is 0 Å². The maximum absolute atomic E-state index is 9.49. The molecule has 0 fully saturated rings. The third kappa shape index (κ3) is 5.26. The lowest BCUT2D eigenvalue weighted by atomic mass is 10.1. The Hall–Kier alpha value is -2.96. The third-order valence-electron chi connectivity index (χ3n) is 4.27. The highest BCUT2D eigenvalue weighted by atomic mass is 32.1. The average Bonchev–Trinajstić information content (AvgIpc) is 3.21. The number of nitrogens with zero attached hydrogens (tertiary/aromatic N) is 2. The maximum atomic E-state index is 9.49. The van der Waals surface area contributed by atoms with E-state index in [2.05, 4.69) is 42.2 Å². The molecule has 0 N–H and O–H groups in total. The molecule has 1 heterocycles. The number of aromatic nitrogens is 1. The molecule has 3 aromatic rings. The molecule has 0 atom stereocenters. The largest absolute Gasteiger partial charge is 0.235 e. The van der Waals surface area contributed by atoms with E-state index in [1.807, 2.05) is 53.9 Å². The van der Waals surface area contributed by atoms with Crippen molar-refractivity contribution < 1.29 is 0 Å². The summed E-state index contributed by atoms with van der Waals surface area (Å²) in [6, 6.07) is 20.9. The molecule has 0 radical (unpaired) electrons. The quantitative estimate of drug-likeness (QED) is 0.340. The molecule has 0 saturated heterocycles. The van der Waals surface area contributed by atoms with Gasteiger partial charge in [-0.3, -0.25) is 0 Å². The van der Waals surface area contributed by atoms with Gasteiger partial charge in [0.05, 0.1) is 11.3 Å². The van der Waals surface area contributed by atoms with Gasteiger partial charge in [-0.2, -0.15) is 5.26 Å². The summed E-state index contributed by atoms with van der Waals surface area (Å²) >= 11 is 1.51. The van der Waals surface area contributed by atoms with Gasteiger partial charge in [-0.05, 0) is 30.0 Å². The standard InChI is InChI=1S/C24H22N2S/c1-2-3-8-20-13-15-21(16-14-20)23-18-27-24(26-23)22(17-25)12-7-11-19-9-5-4-6-10-19/h4-7,9-16,18H,2-3,8H2,1H3/b11-7+,22-12+. The third-order valence-corrected chi connectivity index (χ3v) is 5.15. The smallest absolute Gasteiger partial charge is 0.134 e. The molecule has 0 spiro atoms. The fraction of sp³-hybridized carbons (Fsp3) is 0.167. The molecule has 134 valence electrons. The van der Waals surface area contributed by atoms with E-state index in [1.165, 1.54) is 29.7 Å². The second-order valence-corrected chi connectivity index (χ2v) is 7.16. The van der Waals surface area contributed by atoms with Crippen LogP contribution >= 0.6 is 11.3 Å². The van der Waals surface area contributed by atoms with Crippen LogP contribution in [0, 0.1) is 11.3 Å². The fourth-order valence-electron chi connectivity index (χ4n) is 2.73. The van der Waals surface area contributed by atoms with Gasteiger partial charge >= 0.3 is 0 Å². The van der Waals surface area contributed by atoms with Crippen LogP contribution in [0.4, 0.5) is 0 Å². The van der Waals surface area contributed by atoms with Gasteiger partial charge in [0.1, 0.15) is 11.1 Å². The minimum atomic E-state index is 0.581. The molecule has 0 aliphatic rings. The Morgan fingerprint density at radius 3 is 2.59 bits per heavy atom. The van der Waals surface area contributed by atoms with Crippen molar-refractivity contribution in [3.63, 3.8) is 0 Å². The number of nitriles is 1. The van der Waals surface area contributed by atoms with E-state index in [1.54, 1.807) is 0 Å². The van der Waals surface area contributed by atoms with E-state index >= 15 is 0 Å². The number of unbranched alkanes of at least 4 members (excludes halogenated alkanes) is 1. The molecular weight excluding hydrogens is 348 g/mol. The molecule has 0 saturated carbocycles. The Kier molecular flexibility index (Phi) is 6.73. The first kappa shape index (κ1) is 18.8. The summed E-state index contributed by atoms with van der Waals surface area (Å²) in [5, 5.41) is 12.3. The van der Waals surface area contributed by atoms with Gasteiger partial charge in [-0.1, -0.05) is 80.1 Å². The summed E-state index contributed by atoms with van der Waals surface area (Å²) in [5.41, 5.74) is 5.06. The van der Waals surface area contributed by atoms with Crippen molar-refractivity contribution in [2.45, 2.75) is 26.2 Å². The minimum Gasteiger partial charge on any atom is -0.235 e. The average molecular weight is 371 g/mol. The van der Waals surface area contributed by atoms with Crippen LogP contribution < -0.4 is 0 Å². The van der Waals surface area contributed by atoms with Gasteiger partial charge in [0.15, 0.2) is 0 Å². The lowest BCUT2D eigenvalue weighted by Gasteiger charge is -2.01. The maximum Gasteiger partial charge on any atom is 0.134 e. The molecule has 0 aliphatic heterocycles. The molecule has 2 nitrogen and oxygen atoms in total. The lowest BCUT2D eigenvalue weighted by molar-refractivity contribution is 0.795. The number of rotatable bonds is 7. The fourth-order valence-corrected chi connectivity index (χ4v) is 3.53. The normalized spacial score (nSPS) is 11.6. The van der Waals surface area contributed by atoms with Crippen LogP contribution in [0.1, 0.15) is 35.9 Å². The number of hydrogen-bond acceptors (Lipinski definition) is 3. The molecule has 1 aromatic heterocycles. The number of aryl methyl sites for hydroxylation is 1. The second kappa shape index (κ2) is 9.66. The molecule has 0 aliphatic carbocycles. The summed E-state index contributed by atoms with van der Waals surface area (Å²) in [4.78, 5) is 4.66. The molecule has 27 heavy (non-hydrogen) atoms. The summed E-state index contributed by atoms with van der Waals surface area (Å²) < 4.78 is 0. The van der Waals surface area contributed by atoms with Gasteiger partial charge in [0, 0.05) is 10.9 Å². The van der Waals surface area contributed by atoms with Gasteiger partial charge < -0.3 is 0 Å². The van der Waals surface area contributed by atoms with E-state index in [9.17, 15) is 5.26 Å². The molecule has 3 rings (SSSR count). The molecule has 2 aromatic carbocycles. The Bertz CT molecular complexity index is 958. The van der Waals surface area contributed by atoms with Crippen LogP contribution in [0.25, 0.3) is 22.9 Å². The van der Waals surface area contributed by atoms with Crippen molar-refractivity contribution in [3.05, 3.63) is 88.3 Å². The Balaban J connectivity index is 1.74. The van der Waals surface area contributed by atoms with E-state index in [0.717, 1.165) is 28.2 Å². The predicted octanol–water partition coefficient (Wildman–Crippen LogP) is 6.77. The van der Waals surface area contributed by atoms with Crippen LogP contribution in [-0.4, -0.2) is 4.98 Å². The van der Waals surface area contributed by atoms with Crippen molar-refractivity contribution in [2.24, 2.45) is 0 Å². The number of hydrogen-bond donors (Lipinski definition) is 0. The number of allylic oxidation sites excluding steroid dienone is 3. The number of thiazole rings is 1. The monoisotopic (exact) mass is 370 g/mol. The van der Waals surface area contributed by atoms with Crippen LogP contribution in [0.5, 0.6) is 0 Å². The van der Waals surface area contributed by atoms with Gasteiger partial charge in [0.25, 0.3) is 0 Å². The van der Waals surface area contributed by atoms with Crippen molar-refractivity contribution in [1.29, 1.82) is 5.26 Å². The molecule has 0 amide bonds. The van der Waals surface area contributed by atoms with E-state index in [4.69, 9.17) is 0 Å². The van der Waals surface area contributed by atoms with E-state index in [-0.39, 0.29) is 0 Å². The van der Waals surface area contributed by atoms with E-state index < -0.39 is 0 Å². The Labute approximate surface area is 165 Å². The zero-order valence-corrected chi connectivity index (χ0v) is 16.2. The van der Waals surface area contributed by atoms with Crippen molar-refractivity contribution >= 4 is 23.0 Å². The van der Waals surface area contributed by atoms with Crippen LogP contribution in [0.2, 0.25) is 0 Å². The van der Waals surface area contributed by atoms with Gasteiger partial charge in [-0.15, -0.1) is 11.3 Å².